The molecule has 0 aromatic heterocycles. The molecule has 0 spiro atoms. The smallest absolute Gasteiger partial charge is 0.242 e. The van der Waals surface area contributed by atoms with E-state index in [-0.39, 0.29) is 62.8 Å². The van der Waals surface area contributed by atoms with Crippen molar-refractivity contribution in [1.82, 2.24) is 9.80 Å². The quantitative estimate of drug-likeness (QED) is 0.477. The van der Waals surface area contributed by atoms with E-state index in [2.05, 4.69) is 0 Å². The van der Waals surface area contributed by atoms with E-state index < -0.39 is 10.5 Å². The van der Waals surface area contributed by atoms with E-state index in [0.29, 0.717) is 11.5 Å². The van der Waals surface area contributed by atoms with Crippen molar-refractivity contribution >= 4 is 47.2 Å². The van der Waals surface area contributed by atoms with Crippen LogP contribution in [0.1, 0.15) is 12.8 Å². The van der Waals surface area contributed by atoms with E-state index in [4.69, 9.17) is 10.2 Å². The SMILES string of the molecule is O=C1CC(SCCO)C(=O)N1CCN1C(=O)CC(SCCO)C1=O. The Morgan fingerprint density at radius 1 is 0.792 bits per heavy atom. The van der Waals surface area contributed by atoms with Crippen molar-refractivity contribution in [3.05, 3.63) is 0 Å². The molecule has 0 aliphatic carbocycles. The van der Waals surface area contributed by atoms with Gasteiger partial charge in [-0.3, -0.25) is 29.0 Å². The monoisotopic (exact) mass is 376 g/mol. The maximum absolute atomic E-state index is 12.2. The van der Waals surface area contributed by atoms with Crippen LogP contribution in [0.25, 0.3) is 0 Å². The highest BCUT2D eigenvalue weighted by Crippen LogP contribution is 2.27. The average Bonchev–Trinajstić information content (AvgIpc) is 2.98. The van der Waals surface area contributed by atoms with Crippen LogP contribution in [0.4, 0.5) is 0 Å². The summed E-state index contributed by atoms with van der Waals surface area (Å²) < 4.78 is 0. The Hall–Kier alpha value is -1.10. The summed E-state index contributed by atoms with van der Waals surface area (Å²) in [6.45, 7) is -0.121. The van der Waals surface area contributed by atoms with E-state index >= 15 is 0 Å². The second-order valence-corrected chi connectivity index (χ2v) is 7.96. The summed E-state index contributed by atoms with van der Waals surface area (Å²) in [6.07, 6.45) is 0.167. The Morgan fingerprint density at radius 2 is 1.17 bits per heavy atom. The number of thioether (sulfide) groups is 2. The molecular weight excluding hydrogens is 356 g/mol. The number of aliphatic hydroxyl groups excluding tert-OH is 2. The van der Waals surface area contributed by atoms with Gasteiger partial charge in [0.15, 0.2) is 0 Å². The molecule has 0 aromatic rings. The van der Waals surface area contributed by atoms with Crippen molar-refractivity contribution in [2.75, 3.05) is 37.8 Å². The van der Waals surface area contributed by atoms with E-state index in [1.165, 1.54) is 23.5 Å². The van der Waals surface area contributed by atoms with Crippen molar-refractivity contribution in [3.8, 4) is 0 Å². The highest BCUT2D eigenvalue weighted by molar-refractivity contribution is 8.00. The Balaban J connectivity index is 1.88. The van der Waals surface area contributed by atoms with Crippen LogP contribution >= 0.6 is 23.5 Å². The van der Waals surface area contributed by atoms with E-state index in [1.54, 1.807) is 0 Å². The zero-order valence-corrected chi connectivity index (χ0v) is 14.7. The number of hydrogen-bond donors (Lipinski definition) is 2. The summed E-state index contributed by atoms with van der Waals surface area (Å²) in [5, 5.41) is 16.6. The maximum atomic E-state index is 12.2. The molecule has 2 N–H and O–H groups in total. The van der Waals surface area contributed by atoms with Gasteiger partial charge in [0.05, 0.1) is 23.7 Å². The first kappa shape index (κ1) is 19.2. The lowest BCUT2D eigenvalue weighted by atomic mass is 10.4. The van der Waals surface area contributed by atoms with E-state index in [9.17, 15) is 19.2 Å². The molecule has 0 bridgehead atoms. The van der Waals surface area contributed by atoms with Crippen molar-refractivity contribution in [2.45, 2.75) is 23.3 Å². The molecule has 2 atom stereocenters. The lowest BCUT2D eigenvalue weighted by molar-refractivity contribution is -0.143. The molecule has 2 aliphatic heterocycles. The Kier molecular flexibility index (Phi) is 7.08. The molecule has 2 unspecified atom stereocenters. The second-order valence-electron chi connectivity index (χ2n) is 5.34. The minimum atomic E-state index is -0.498. The van der Waals surface area contributed by atoms with Gasteiger partial charge in [0.25, 0.3) is 0 Å². The molecule has 2 fully saturated rings. The Morgan fingerprint density at radius 3 is 1.50 bits per heavy atom. The highest BCUT2D eigenvalue weighted by Gasteiger charge is 2.42. The van der Waals surface area contributed by atoms with Crippen molar-refractivity contribution in [1.29, 1.82) is 0 Å². The lowest BCUT2D eigenvalue weighted by Crippen LogP contribution is -2.41. The average molecular weight is 376 g/mol. The number of imide groups is 2. The molecular formula is C14H20N2O6S2. The Labute approximate surface area is 147 Å². The number of aliphatic hydroxyl groups is 2. The molecule has 2 rings (SSSR count). The van der Waals surface area contributed by atoms with Gasteiger partial charge in [0, 0.05) is 37.4 Å². The predicted octanol–water partition coefficient (Wildman–Crippen LogP) is -1.31. The first-order chi connectivity index (χ1) is 11.5. The summed E-state index contributed by atoms with van der Waals surface area (Å²) in [5.74, 6) is -0.539. The summed E-state index contributed by atoms with van der Waals surface area (Å²) in [5.41, 5.74) is 0. The largest absolute Gasteiger partial charge is 0.396 e. The zero-order chi connectivity index (χ0) is 17.7. The molecule has 24 heavy (non-hydrogen) atoms. The van der Waals surface area contributed by atoms with E-state index in [1.807, 2.05) is 0 Å². The summed E-state index contributed by atoms with van der Waals surface area (Å²) >= 11 is 2.46. The van der Waals surface area contributed by atoms with Gasteiger partial charge in [-0.25, -0.2) is 0 Å². The second kappa shape index (κ2) is 8.84. The minimum Gasteiger partial charge on any atom is -0.396 e. The zero-order valence-electron chi connectivity index (χ0n) is 13.0. The number of hydrogen-bond acceptors (Lipinski definition) is 8. The van der Waals surface area contributed by atoms with Gasteiger partial charge in [-0.2, -0.15) is 0 Å². The third-order valence-corrected chi connectivity index (χ3v) is 6.15. The number of amides is 4. The number of rotatable bonds is 9. The molecule has 2 heterocycles. The summed E-state index contributed by atoms with van der Waals surface area (Å²) in [4.78, 5) is 50.4. The first-order valence-corrected chi connectivity index (χ1v) is 9.72. The molecule has 0 aromatic carbocycles. The van der Waals surface area contributed by atoms with Crippen molar-refractivity contribution in [3.63, 3.8) is 0 Å². The van der Waals surface area contributed by atoms with Crippen LogP contribution in [0.2, 0.25) is 0 Å². The van der Waals surface area contributed by atoms with Gasteiger partial charge in [-0.1, -0.05) is 0 Å². The van der Waals surface area contributed by atoms with Gasteiger partial charge >= 0.3 is 0 Å². The summed E-state index contributed by atoms with van der Waals surface area (Å²) in [6, 6.07) is 0. The molecule has 8 nitrogen and oxygen atoms in total. The van der Waals surface area contributed by atoms with Gasteiger partial charge in [-0.05, 0) is 0 Å². The van der Waals surface area contributed by atoms with Crippen LogP contribution in [0.5, 0.6) is 0 Å². The van der Waals surface area contributed by atoms with E-state index in [0.717, 1.165) is 9.80 Å². The molecule has 10 heteroatoms. The summed E-state index contributed by atoms with van der Waals surface area (Å²) in [7, 11) is 0. The number of carbonyl (C=O) groups excluding carboxylic acids is 4. The first-order valence-electron chi connectivity index (χ1n) is 7.63. The fraction of sp³-hybridized carbons (Fsp3) is 0.714. The standard InChI is InChI=1S/C14H20N2O6S2/c17-3-5-23-9-7-11(19)15(13(9)21)1-2-16-12(20)8-10(14(16)22)24-6-4-18/h9-10,17-18H,1-8H2. The maximum Gasteiger partial charge on any atom is 0.242 e. The fourth-order valence-corrected chi connectivity index (χ4v) is 4.47. The van der Waals surface area contributed by atoms with Crippen LogP contribution in [0, 0.1) is 0 Å². The van der Waals surface area contributed by atoms with Crippen LogP contribution in [0.15, 0.2) is 0 Å². The Bertz CT molecular complexity index is 483. The molecule has 0 radical (unpaired) electrons. The van der Waals surface area contributed by atoms with Crippen molar-refractivity contribution < 1.29 is 29.4 Å². The topological polar surface area (TPSA) is 115 Å². The molecule has 0 saturated carbocycles. The normalized spacial score (nSPS) is 24.6. The van der Waals surface area contributed by atoms with Crippen LogP contribution in [0.3, 0.4) is 0 Å². The fourth-order valence-electron chi connectivity index (χ4n) is 2.63. The molecule has 134 valence electrons. The number of nitrogens with zero attached hydrogens (tertiary/aromatic N) is 2. The molecule has 4 amide bonds. The molecule has 2 saturated heterocycles. The van der Waals surface area contributed by atoms with Crippen molar-refractivity contribution in [2.24, 2.45) is 0 Å². The van der Waals surface area contributed by atoms with Gasteiger partial charge in [0.2, 0.25) is 23.6 Å². The van der Waals surface area contributed by atoms with Gasteiger partial charge < -0.3 is 10.2 Å². The molecule has 2 aliphatic rings. The van der Waals surface area contributed by atoms with Gasteiger partial charge in [-0.15, -0.1) is 23.5 Å². The van der Waals surface area contributed by atoms with Crippen LogP contribution in [-0.2, 0) is 19.2 Å². The van der Waals surface area contributed by atoms with Gasteiger partial charge in [0.1, 0.15) is 0 Å². The number of carbonyl (C=O) groups is 4. The van der Waals surface area contributed by atoms with Crippen LogP contribution < -0.4 is 0 Å². The predicted molar refractivity (Wildman–Crippen MR) is 89.3 cm³/mol. The third kappa shape index (κ3) is 4.29. The number of likely N-dealkylation sites (tertiary alicyclic amines) is 2. The highest BCUT2D eigenvalue weighted by atomic mass is 32.2. The van der Waals surface area contributed by atoms with Crippen LogP contribution in [-0.4, -0.2) is 92.0 Å². The lowest BCUT2D eigenvalue weighted by Gasteiger charge is -2.19. The minimum absolute atomic E-state index is 0.00270. The third-order valence-electron chi connectivity index (χ3n) is 3.77.